The summed E-state index contributed by atoms with van der Waals surface area (Å²) >= 11 is 6.18. The van der Waals surface area contributed by atoms with E-state index in [0.717, 1.165) is 12.3 Å². The molecule has 1 aromatic rings. The van der Waals surface area contributed by atoms with Gasteiger partial charge in [0.25, 0.3) is 11.4 Å². The Morgan fingerprint density at radius 3 is 2.77 bits per heavy atom. The van der Waals surface area contributed by atoms with E-state index in [1.54, 1.807) is 0 Å². The summed E-state index contributed by atoms with van der Waals surface area (Å²) in [5, 5.41) is 9.92. The minimum absolute atomic E-state index is 0.129. The molecular formula is C16H24ClN3O2. The fourth-order valence-electron chi connectivity index (χ4n) is 4.31. The van der Waals surface area contributed by atoms with Crippen LogP contribution in [-0.4, -0.2) is 22.8 Å². The smallest absolute Gasteiger partial charge is 0.285 e. The predicted molar refractivity (Wildman–Crippen MR) is 87.6 cm³/mol. The monoisotopic (exact) mass is 325 g/mol. The summed E-state index contributed by atoms with van der Waals surface area (Å²) in [5.41, 5.74) is 0.570. The number of ether oxygens (including phenoxy) is 1. The third-order valence-electron chi connectivity index (χ3n) is 5.86. The minimum atomic E-state index is -0.387. The number of halogens is 1. The largest absolute Gasteiger partial charge is 0.475 e. The summed E-state index contributed by atoms with van der Waals surface area (Å²) in [5.74, 6) is 2.35. The Bertz CT molecular complexity index is 628. The Kier molecular flexibility index (Phi) is 3.87. The van der Waals surface area contributed by atoms with E-state index in [2.05, 4.69) is 36.3 Å². The second kappa shape index (κ2) is 5.44. The van der Waals surface area contributed by atoms with Gasteiger partial charge < -0.3 is 10.1 Å². The highest BCUT2D eigenvalue weighted by atomic mass is 35.5. The van der Waals surface area contributed by atoms with Gasteiger partial charge in [-0.15, -0.1) is 5.10 Å². The van der Waals surface area contributed by atoms with Crippen molar-refractivity contribution >= 4 is 17.3 Å². The van der Waals surface area contributed by atoms with Crippen molar-refractivity contribution in [3.05, 3.63) is 15.4 Å². The average molecular weight is 326 g/mol. The van der Waals surface area contributed by atoms with Crippen molar-refractivity contribution < 1.29 is 4.74 Å². The van der Waals surface area contributed by atoms with Gasteiger partial charge in [0.15, 0.2) is 0 Å². The Balaban J connectivity index is 1.85. The summed E-state index contributed by atoms with van der Waals surface area (Å²) < 4.78 is 5.50. The van der Waals surface area contributed by atoms with Gasteiger partial charge in [0.1, 0.15) is 10.7 Å². The molecule has 3 saturated carbocycles. The van der Waals surface area contributed by atoms with Crippen LogP contribution in [0.4, 0.5) is 5.69 Å². The fraction of sp³-hybridized carbons (Fsp3) is 0.750. The molecule has 3 fully saturated rings. The van der Waals surface area contributed by atoms with Gasteiger partial charge >= 0.3 is 0 Å². The van der Waals surface area contributed by atoms with Gasteiger partial charge in [-0.05, 0) is 42.9 Å². The van der Waals surface area contributed by atoms with Crippen LogP contribution in [0.3, 0.4) is 0 Å². The normalized spacial score (nSPS) is 32.2. The van der Waals surface area contributed by atoms with Crippen molar-refractivity contribution in [2.45, 2.75) is 46.6 Å². The molecule has 4 atom stereocenters. The van der Waals surface area contributed by atoms with Crippen LogP contribution in [-0.2, 0) is 0 Å². The van der Waals surface area contributed by atoms with E-state index in [4.69, 9.17) is 16.3 Å². The van der Waals surface area contributed by atoms with Crippen LogP contribution >= 0.6 is 11.6 Å². The summed E-state index contributed by atoms with van der Waals surface area (Å²) in [6.07, 6.45) is 2.41. The van der Waals surface area contributed by atoms with Gasteiger partial charge in [0.2, 0.25) is 0 Å². The van der Waals surface area contributed by atoms with Crippen LogP contribution in [0, 0.1) is 23.2 Å². The Morgan fingerprint density at radius 1 is 1.45 bits per heavy atom. The summed E-state index contributed by atoms with van der Waals surface area (Å²) in [6.45, 7) is 9.38. The topological polar surface area (TPSA) is 67.0 Å². The summed E-state index contributed by atoms with van der Waals surface area (Å²) in [7, 11) is 0. The maximum atomic E-state index is 11.8. The zero-order valence-electron chi connectivity index (χ0n) is 13.6. The second-order valence-electron chi connectivity index (χ2n) is 7.19. The van der Waals surface area contributed by atoms with Crippen molar-refractivity contribution in [1.29, 1.82) is 0 Å². The van der Waals surface area contributed by atoms with Crippen LogP contribution in [0.5, 0.6) is 5.88 Å². The fourth-order valence-corrected chi connectivity index (χ4v) is 4.48. The van der Waals surface area contributed by atoms with Crippen LogP contribution in [0.1, 0.15) is 40.5 Å². The van der Waals surface area contributed by atoms with Crippen molar-refractivity contribution in [2.24, 2.45) is 23.2 Å². The number of hydrogen-bond donors (Lipinski definition) is 2. The minimum Gasteiger partial charge on any atom is -0.475 e. The van der Waals surface area contributed by atoms with Crippen LogP contribution in [0.25, 0.3) is 0 Å². The van der Waals surface area contributed by atoms with E-state index in [9.17, 15) is 4.79 Å². The average Bonchev–Trinajstić information content (AvgIpc) is 2.47. The molecule has 6 heteroatoms. The molecule has 5 nitrogen and oxygen atoms in total. The Hall–Kier alpha value is -1.23. The molecule has 3 aliphatic rings. The molecule has 1 aromatic heterocycles. The molecule has 0 aliphatic heterocycles. The molecular weight excluding hydrogens is 302 g/mol. The predicted octanol–water partition coefficient (Wildman–Crippen LogP) is 3.30. The molecule has 0 saturated heterocycles. The van der Waals surface area contributed by atoms with Gasteiger partial charge in [0, 0.05) is 6.04 Å². The Morgan fingerprint density at radius 2 is 2.18 bits per heavy atom. The summed E-state index contributed by atoms with van der Waals surface area (Å²) in [4.78, 5) is 11.8. The highest BCUT2D eigenvalue weighted by molar-refractivity contribution is 6.33. The van der Waals surface area contributed by atoms with Gasteiger partial charge in [-0.2, -0.15) is 0 Å². The first-order chi connectivity index (χ1) is 10.4. The number of rotatable bonds is 4. The van der Waals surface area contributed by atoms with Crippen molar-refractivity contribution in [2.75, 3.05) is 11.9 Å². The molecule has 1 heterocycles. The van der Waals surface area contributed by atoms with Crippen LogP contribution < -0.4 is 15.6 Å². The first-order valence-electron chi connectivity index (χ1n) is 8.03. The highest BCUT2D eigenvalue weighted by Crippen LogP contribution is 2.61. The number of nitrogens with one attached hydrogen (secondary N) is 2. The van der Waals surface area contributed by atoms with Crippen molar-refractivity contribution in [3.63, 3.8) is 0 Å². The van der Waals surface area contributed by atoms with E-state index in [0.29, 0.717) is 41.5 Å². The van der Waals surface area contributed by atoms with Gasteiger partial charge in [-0.25, -0.2) is 5.10 Å². The molecule has 0 unspecified atom stereocenters. The Labute approximate surface area is 135 Å². The quantitative estimate of drug-likeness (QED) is 0.891. The maximum absolute atomic E-state index is 11.8. The third kappa shape index (κ3) is 2.30. The van der Waals surface area contributed by atoms with E-state index in [1.165, 1.54) is 6.42 Å². The van der Waals surface area contributed by atoms with Crippen LogP contribution in [0.15, 0.2) is 4.79 Å². The van der Waals surface area contributed by atoms with Gasteiger partial charge in [-0.1, -0.05) is 32.4 Å². The molecule has 2 bridgehead atoms. The van der Waals surface area contributed by atoms with E-state index < -0.39 is 0 Å². The third-order valence-corrected chi connectivity index (χ3v) is 6.22. The molecule has 122 valence electrons. The van der Waals surface area contributed by atoms with E-state index in [-0.39, 0.29) is 10.6 Å². The molecule has 0 amide bonds. The molecule has 0 aromatic carbocycles. The standard InChI is InChI=1S/C16H24ClN3O2/c1-5-22-15-13(12(17)14(21)19-20-15)18-11-7-9-6-10(8(11)2)16(9,3)4/h8-11H,5-7H2,1-4H3,(H2,18,19,21)/t8-,9-,10+,11-/m1/s1. The number of anilines is 1. The lowest BCUT2D eigenvalue weighted by Crippen LogP contribution is -2.58. The molecule has 0 radical (unpaired) electrons. The maximum Gasteiger partial charge on any atom is 0.285 e. The zero-order valence-corrected chi connectivity index (χ0v) is 14.3. The molecule has 2 N–H and O–H groups in total. The first-order valence-corrected chi connectivity index (χ1v) is 8.41. The number of nitrogens with zero attached hydrogens (tertiary/aromatic N) is 1. The lowest BCUT2D eigenvalue weighted by molar-refractivity contribution is -0.105. The zero-order chi connectivity index (χ0) is 16.1. The van der Waals surface area contributed by atoms with Crippen molar-refractivity contribution in [1.82, 2.24) is 10.2 Å². The molecule has 3 aliphatic carbocycles. The van der Waals surface area contributed by atoms with E-state index in [1.807, 2.05) is 6.92 Å². The van der Waals surface area contributed by atoms with Crippen molar-refractivity contribution in [3.8, 4) is 5.88 Å². The SMILES string of the molecule is CCOc1n[nH]c(=O)c(Cl)c1N[C@@H]1C[C@H]2C[C@@H]([C@H]1C)C2(C)C. The lowest BCUT2D eigenvalue weighted by atomic mass is 9.45. The van der Waals surface area contributed by atoms with E-state index >= 15 is 0 Å². The van der Waals surface area contributed by atoms with Crippen LogP contribution in [0.2, 0.25) is 5.02 Å². The van der Waals surface area contributed by atoms with Gasteiger partial charge in [0.05, 0.1) is 6.61 Å². The number of aromatic amines is 1. The molecule has 22 heavy (non-hydrogen) atoms. The summed E-state index contributed by atoms with van der Waals surface area (Å²) in [6, 6.07) is 0.303. The molecule has 4 rings (SSSR count). The number of hydrogen-bond acceptors (Lipinski definition) is 4. The lowest BCUT2D eigenvalue weighted by Gasteiger charge is -2.62. The first kappa shape index (κ1) is 15.7. The van der Waals surface area contributed by atoms with Gasteiger partial charge in [-0.3, -0.25) is 4.79 Å². The second-order valence-corrected chi connectivity index (χ2v) is 7.56. The molecule has 0 spiro atoms. The highest BCUT2D eigenvalue weighted by Gasteiger charge is 2.56. The number of fused-ring (bicyclic) bond motifs is 2. The number of aromatic nitrogens is 2. The number of H-pyrrole nitrogens is 1.